The Morgan fingerprint density at radius 2 is 1.88 bits per heavy atom. The van der Waals surface area contributed by atoms with Crippen LogP contribution in [-0.4, -0.2) is 19.3 Å². The van der Waals surface area contributed by atoms with E-state index in [0.717, 1.165) is 0 Å². The molecule has 0 heterocycles. The van der Waals surface area contributed by atoms with Crippen LogP contribution in [0, 0.1) is 0 Å². The lowest BCUT2D eigenvalue weighted by Crippen LogP contribution is -1.99. The van der Waals surface area contributed by atoms with Crippen LogP contribution in [0.25, 0.3) is 0 Å². The Hall–Kier alpha value is 0.400. The first-order chi connectivity index (χ1) is 3.48. The quantitative estimate of drug-likeness (QED) is 0.400. The van der Waals surface area contributed by atoms with Gasteiger partial charge in [-0.25, -0.2) is 0 Å². The molecule has 0 unspecified atom stereocenters. The summed E-state index contributed by atoms with van der Waals surface area (Å²) in [6, 6.07) is 0. The summed E-state index contributed by atoms with van der Waals surface area (Å²) in [6.45, 7) is 1.65. The minimum Gasteiger partial charge on any atom is -0.188 e. The fourth-order valence-corrected chi connectivity index (χ4v) is 0.636. The molecule has 3 nitrogen and oxygen atoms in total. The van der Waals surface area contributed by atoms with Crippen molar-refractivity contribution in [3.05, 3.63) is 0 Å². The lowest BCUT2D eigenvalue weighted by molar-refractivity contribution is 0.351. The van der Waals surface area contributed by atoms with Crippen molar-refractivity contribution >= 4 is 24.8 Å². The molecule has 0 amide bonds. The van der Waals surface area contributed by atoms with Crippen molar-refractivity contribution in [1.29, 1.82) is 0 Å². The van der Waals surface area contributed by atoms with Gasteiger partial charge in [-0.15, -0.1) is 0 Å². The summed E-state index contributed by atoms with van der Waals surface area (Å²) in [7, 11) is -3.78. The molecule has 0 saturated carbocycles. The number of thiocarbonyl (C=S) groups is 1. The Bertz CT molecular complexity index is 97.2. The standard InChI is InChI=1S/C3H8O3PS/c1-2-3(8)7(4,5)6/h4-6H,2H2,1H3/q+1. The zero-order chi connectivity index (χ0) is 6.78. The van der Waals surface area contributed by atoms with Gasteiger partial charge >= 0.3 is 7.94 Å². The molecule has 0 saturated heterocycles. The van der Waals surface area contributed by atoms with Crippen LogP contribution >= 0.6 is 20.2 Å². The van der Waals surface area contributed by atoms with Gasteiger partial charge in [-0.05, 0) is 12.2 Å². The lowest BCUT2D eigenvalue weighted by Gasteiger charge is -1.99. The second kappa shape index (κ2) is 2.80. The molecule has 0 aliphatic heterocycles. The van der Waals surface area contributed by atoms with E-state index in [4.69, 9.17) is 14.7 Å². The normalized spacial score (nSPS) is 11.5. The predicted octanol–water partition coefficient (Wildman–Crippen LogP) is 0.463. The topological polar surface area (TPSA) is 60.7 Å². The van der Waals surface area contributed by atoms with E-state index in [1.165, 1.54) is 0 Å². The molecule has 0 aliphatic rings. The van der Waals surface area contributed by atoms with Crippen LogP contribution < -0.4 is 0 Å². The third-order valence-corrected chi connectivity index (χ3v) is 2.65. The van der Waals surface area contributed by atoms with Gasteiger partial charge in [0.15, 0.2) is 0 Å². The van der Waals surface area contributed by atoms with Crippen molar-refractivity contribution in [1.82, 2.24) is 0 Å². The van der Waals surface area contributed by atoms with Crippen LogP contribution in [-0.2, 0) is 0 Å². The molecule has 48 valence electrons. The SMILES string of the molecule is CCC(=S)[P+](O)(O)O. The van der Waals surface area contributed by atoms with Crippen LogP contribution in [0.15, 0.2) is 0 Å². The summed E-state index contributed by atoms with van der Waals surface area (Å²) in [5.74, 6) is 0. The van der Waals surface area contributed by atoms with E-state index in [1.54, 1.807) is 6.92 Å². The molecule has 0 fully saturated rings. The Kier molecular flexibility index (Phi) is 2.94. The van der Waals surface area contributed by atoms with E-state index in [0.29, 0.717) is 6.42 Å². The molecule has 3 N–H and O–H groups in total. The minimum atomic E-state index is -3.78. The van der Waals surface area contributed by atoms with E-state index in [-0.39, 0.29) is 4.61 Å². The Labute approximate surface area is 53.6 Å². The highest BCUT2D eigenvalue weighted by atomic mass is 32.1. The first kappa shape index (κ1) is 8.40. The Balaban J connectivity index is 3.82. The van der Waals surface area contributed by atoms with Crippen LogP contribution in [0.1, 0.15) is 13.3 Å². The number of rotatable bonds is 2. The second-order valence-corrected chi connectivity index (χ2v) is 3.79. The first-order valence-corrected chi connectivity index (χ1v) is 4.14. The van der Waals surface area contributed by atoms with E-state index in [9.17, 15) is 0 Å². The molecule has 0 atom stereocenters. The maximum absolute atomic E-state index is 8.37. The average molecular weight is 155 g/mol. The van der Waals surface area contributed by atoms with Crippen molar-refractivity contribution in [2.45, 2.75) is 13.3 Å². The summed E-state index contributed by atoms with van der Waals surface area (Å²) >= 11 is 4.39. The van der Waals surface area contributed by atoms with E-state index in [1.807, 2.05) is 0 Å². The van der Waals surface area contributed by atoms with Gasteiger partial charge in [-0.3, -0.25) is 0 Å². The second-order valence-electron chi connectivity index (χ2n) is 1.32. The van der Waals surface area contributed by atoms with Crippen molar-refractivity contribution in [3.8, 4) is 0 Å². The van der Waals surface area contributed by atoms with Gasteiger partial charge in [-0.2, -0.15) is 14.7 Å². The highest BCUT2D eigenvalue weighted by Gasteiger charge is 2.35. The van der Waals surface area contributed by atoms with Gasteiger partial charge in [0, 0.05) is 6.42 Å². The lowest BCUT2D eigenvalue weighted by atomic mass is 10.6. The fourth-order valence-electron chi connectivity index (χ4n) is 0.212. The molecular weight excluding hydrogens is 147 g/mol. The van der Waals surface area contributed by atoms with Crippen molar-refractivity contribution in [2.75, 3.05) is 0 Å². The molecule has 0 aliphatic carbocycles. The molecule has 0 rings (SSSR count). The van der Waals surface area contributed by atoms with E-state index in [2.05, 4.69) is 12.2 Å². The van der Waals surface area contributed by atoms with Crippen molar-refractivity contribution in [2.24, 2.45) is 0 Å². The van der Waals surface area contributed by atoms with Gasteiger partial charge in [0.05, 0.1) is 0 Å². The highest BCUT2D eigenvalue weighted by Crippen LogP contribution is 2.47. The van der Waals surface area contributed by atoms with Crippen LogP contribution in [0.2, 0.25) is 0 Å². The van der Waals surface area contributed by atoms with Crippen LogP contribution in [0.3, 0.4) is 0 Å². The van der Waals surface area contributed by atoms with Gasteiger partial charge in [0.2, 0.25) is 4.61 Å². The molecule has 5 heteroatoms. The highest BCUT2D eigenvalue weighted by molar-refractivity contribution is 7.99. The minimum absolute atomic E-state index is 0.0579. The Morgan fingerprint density at radius 3 is 1.88 bits per heavy atom. The summed E-state index contributed by atoms with van der Waals surface area (Å²) < 4.78 is -0.0579. The van der Waals surface area contributed by atoms with E-state index >= 15 is 0 Å². The summed E-state index contributed by atoms with van der Waals surface area (Å²) in [4.78, 5) is 25.1. The number of hydrogen-bond donors (Lipinski definition) is 3. The van der Waals surface area contributed by atoms with Crippen LogP contribution in [0.4, 0.5) is 0 Å². The maximum atomic E-state index is 8.37. The molecule has 0 aromatic rings. The first-order valence-electron chi connectivity index (χ1n) is 2.09. The summed E-state index contributed by atoms with van der Waals surface area (Å²) in [5, 5.41) is 0. The Morgan fingerprint density at radius 1 is 1.50 bits per heavy atom. The van der Waals surface area contributed by atoms with Crippen molar-refractivity contribution < 1.29 is 14.7 Å². The molecule has 0 aromatic heterocycles. The summed E-state index contributed by atoms with van der Waals surface area (Å²) in [6.07, 6.45) is 0.326. The van der Waals surface area contributed by atoms with E-state index < -0.39 is 7.94 Å². The zero-order valence-corrected chi connectivity index (χ0v) is 6.12. The molecule has 8 heavy (non-hydrogen) atoms. The molecule has 0 aromatic carbocycles. The largest absolute Gasteiger partial charge is 0.448 e. The van der Waals surface area contributed by atoms with Gasteiger partial charge in [0.1, 0.15) is 0 Å². The smallest absolute Gasteiger partial charge is 0.188 e. The van der Waals surface area contributed by atoms with Gasteiger partial charge < -0.3 is 0 Å². The maximum Gasteiger partial charge on any atom is 0.448 e. The monoisotopic (exact) mass is 155 g/mol. The van der Waals surface area contributed by atoms with Gasteiger partial charge in [-0.1, -0.05) is 6.92 Å². The van der Waals surface area contributed by atoms with Gasteiger partial charge in [0.25, 0.3) is 0 Å². The molecular formula is C3H8O3PS+. The fraction of sp³-hybridized carbons (Fsp3) is 0.667. The average Bonchev–Trinajstić information content (AvgIpc) is 1.62. The summed E-state index contributed by atoms with van der Waals surface area (Å²) in [5.41, 5.74) is 0. The molecule has 0 radical (unpaired) electrons. The third-order valence-electron chi connectivity index (χ3n) is 0.637. The molecule has 0 bridgehead atoms. The molecule has 0 spiro atoms. The van der Waals surface area contributed by atoms with Crippen molar-refractivity contribution in [3.63, 3.8) is 0 Å². The zero-order valence-electron chi connectivity index (χ0n) is 4.40. The predicted molar refractivity (Wildman–Crippen MR) is 36.5 cm³/mol. The third kappa shape index (κ3) is 2.64. The number of hydrogen-bond acceptors (Lipinski definition) is 4. The van der Waals surface area contributed by atoms with Crippen LogP contribution in [0.5, 0.6) is 0 Å².